The molecule has 0 spiro atoms. The molecule has 0 radical (unpaired) electrons. The molecule has 1 saturated heterocycles. The molecule has 2 heteroatoms. The summed E-state index contributed by atoms with van der Waals surface area (Å²) in [7, 11) is 2.22. The summed E-state index contributed by atoms with van der Waals surface area (Å²) in [6, 6.07) is 10.6. The van der Waals surface area contributed by atoms with Crippen molar-refractivity contribution in [3.05, 3.63) is 35.9 Å². The Labute approximate surface area is 98.7 Å². The van der Waals surface area contributed by atoms with E-state index in [-0.39, 0.29) is 0 Å². The van der Waals surface area contributed by atoms with Crippen LogP contribution in [0.5, 0.6) is 0 Å². The van der Waals surface area contributed by atoms with Gasteiger partial charge < -0.3 is 10.2 Å². The van der Waals surface area contributed by atoms with E-state index in [4.69, 9.17) is 0 Å². The molecule has 2 rings (SSSR count). The number of nitrogens with zero attached hydrogens (tertiary/aromatic N) is 1. The lowest BCUT2D eigenvalue weighted by molar-refractivity contribution is 0.216. The van der Waals surface area contributed by atoms with Gasteiger partial charge in [0.15, 0.2) is 0 Å². The summed E-state index contributed by atoms with van der Waals surface area (Å²) < 4.78 is 0. The summed E-state index contributed by atoms with van der Waals surface area (Å²) in [5.74, 6) is 0.875. The molecule has 1 N–H and O–H groups in total. The van der Waals surface area contributed by atoms with E-state index in [9.17, 15) is 0 Å². The minimum Gasteiger partial charge on any atom is -0.312 e. The van der Waals surface area contributed by atoms with Crippen molar-refractivity contribution in [1.82, 2.24) is 10.2 Å². The quantitative estimate of drug-likeness (QED) is 0.833. The van der Waals surface area contributed by atoms with Gasteiger partial charge in [-0.05, 0) is 51.0 Å². The average molecular weight is 218 g/mol. The fourth-order valence-electron chi connectivity index (χ4n) is 2.28. The second-order valence-electron chi connectivity index (χ2n) is 4.86. The average Bonchev–Trinajstić information content (AvgIpc) is 2.33. The molecule has 0 saturated carbocycles. The van der Waals surface area contributed by atoms with Crippen molar-refractivity contribution in [2.24, 2.45) is 5.92 Å². The Morgan fingerprint density at radius 3 is 2.56 bits per heavy atom. The van der Waals surface area contributed by atoms with Crippen LogP contribution in [-0.4, -0.2) is 31.6 Å². The van der Waals surface area contributed by atoms with Gasteiger partial charge in [0.05, 0.1) is 0 Å². The predicted octanol–water partition coefficient (Wildman–Crippen LogP) is 2.12. The molecule has 1 aliphatic heterocycles. The van der Waals surface area contributed by atoms with Gasteiger partial charge in [0.25, 0.3) is 0 Å². The molecule has 1 fully saturated rings. The molecule has 0 bridgehead atoms. The molecule has 0 aliphatic carbocycles. The molecular formula is C14H22N2. The zero-order valence-electron chi connectivity index (χ0n) is 10.2. The fraction of sp³-hybridized carbons (Fsp3) is 0.571. The van der Waals surface area contributed by atoms with E-state index in [1.165, 1.54) is 38.0 Å². The van der Waals surface area contributed by atoms with Crippen molar-refractivity contribution < 1.29 is 0 Å². The molecule has 0 amide bonds. The minimum atomic E-state index is 0.875. The van der Waals surface area contributed by atoms with Gasteiger partial charge in [-0.25, -0.2) is 0 Å². The third kappa shape index (κ3) is 3.62. The number of likely N-dealkylation sites (tertiary alicyclic amines) is 1. The van der Waals surface area contributed by atoms with Crippen LogP contribution in [0.15, 0.2) is 30.3 Å². The standard InChI is InChI=1S/C14H22N2/c1-16-9-7-14(8-10-16)12-15-11-13-5-3-2-4-6-13/h2-6,14-15H,7-12H2,1H3. The fourth-order valence-corrected chi connectivity index (χ4v) is 2.28. The van der Waals surface area contributed by atoms with Crippen LogP contribution in [0, 0.1) is 5.92 Å². The topological polar surface area (TPSA) is 15.3 Å². The number of hydrogen-bond acceptors (Lipinski definition) is 2. The van der Waals surface area contributed by atoms with E-state index in [1.54, 1.807) is 0 Å². The number of piperidine rings is 1. The van der Waals surface area contributed by atoms with Crippen LogP contribution in [0.25, 0.3) is 0 Å². The van der Waals surface area contributed by atoms with E-state index in [1.807, 2.05) is 0 Å². The van der Waals surface area contributed by atoms with E-state index in [2.05, 4.69) is 47.6 Å². The molecule has 2 nitrogen and oxygen atoms in total. The maximum absolute atomic E-state index is 3.57. The zero-order valence-corrected chi connectivity index (χ0v) is 10.2. The molecule has 88 valence electrons. The first-order chi connectivity index (χ1) is 7.84. The maximum atomic E-state index is 3.57. The highest BCUT2D eigenvalue weighted by Gasteiger charge is 2.15. The van der Waals surface area contributed by atoms with Crippen molar-refractivity contribution in [3.63, 3.8) is 0 Å². The lowest BCUT2D eigenvalue weighted by atomic mass is 9.97. The number of benzene rings is 1. The van der Waals surface area contributed by atoms with E-state index in [0.29, 0.717) is 0 Å². The van der Waals surface area contributed by atoms with Crippen LogP contribution >= 0.6 is 0 Å². The van der Waals surface area contributed by atoms with E-state index < -0.39 is 0 Å². The highest BCUT2D eigenvalue weighted by atomic mass is 15.1. The third-order valence-electron chi connectivity index (χ3n) is 3.44. The van der Waals surface area contributed by atoms with Crippen molar-refractivity contribution >= 4 is 0 Å². The van der Waals surface area contributed by atoms with E-state index >= 15 is 0 Å². The Balaban J connectivity index is 1.65. The highest BCUT2D eigenvalue weighted by Crippen LogP contribution is 2.14. The molecule has 0 atom stereocenters. The van der Waals surface area contributed by atoms with Gasteiger partial charge in [-0.15, -0.1) is 0 Å². The SMILES string of the molecule is CN1CCC(CNCc2ccccc2)CC1. The summed E-state index contributed by atoms with van der Waals surface area (Å²) in [4.78, 5) is 2.42. The van der Waals surface area contributed by atoms with Crippen molar-refractivity contribution in [2.75, 3.05) is 26.7 Å². The second-order valence-corrected chi connectivity index (χ2v) is 4.86. The molecule has 1 heterocycles. The monoisotopic (exact) mass is 218 g/mol. The Kier molecular flexibility index (Phi) is 4.37. The van der Waals surface area contributed by atoms with Crippen LogP contribution in [-0.2, 0) is 6.54 Å². The lowest BCUT2D eigenvalue weighted by Gasteiger charge is -2.29. The first-order valence-electron chi connectivity index (χ1n) is 6.28. The maximum Gasteiger partial charge on any atom is 0.0205 e. The third-order valence-corrected chi connectivity index (χ3v) is 3.44. The zero-order chi connectivity index (χ0) is 11.2. The predicted molar refractivity (Wildman–Crippen MR) is 68.4 cm³/mol. The molecule has 0 unspecified atom stereocenters. The smallest absolute Gasteiger partial charge is 0.0205 e. The Bertz CT molecular complexity index is 289. The number of hydrogen-bond donors (Lipinski definition) is 1. The first kappa shape index (κ1) is 11.6. The van der Waals surface area contributed by atoms with Gasteiger partial charge in [0, 0.05) is 6.54 Å². The lowest BCUT2D eigenvalue weighted by Crippen LogP contribution is -2.34. The second kappa shape index (κ2) is 6.02. The van der Waals surface area contributed by atoms with Gasteiger partial charge in [-0.3, -0.25) is 0 Å². The van der Waals surface area contributed by atoms with Gasteiger partial charge in [0.1, 0.15) is 0 Å². The van der Waals surface area contributed by atoms with Crippen LogP contribution in [0.3, 0.4) is 0 Å². The van der Waals surface area contributed by atoms with Crippen molar-refractivity contribution in [3.8, 4) is 0 Å². The summed E-state index contributed by atoms with van der Waals surface area (Å²) in [6.07, 6.45) is 2.69. The first-order valence-corrected chi connectivity index (χ1v) is 6.28. The molecular weight excluding hydrogens is 196 g/mol. The molecule has 0 aromatic heterocycles. The van der Waals surface area contributed by atoms with Gasteiger partial charge in [-0.2, -0.15) is 0 Å². The largest absolute Gasteiger partial charge is 0.312 e. The van der Waals surface area contributed by atoms with Gasteiger partial charge >= 0.3 is 0 Å². The van der Waals surface area contributed by atoms with Gasteiger partial charge in [0.2, 0.25) is 0 Å². The van der Waals surface area contributed by atoms with Crippen molar-refractivity contribution in [2.45, 2.75) is 19.4 Å². The Morgan fingerprint density at radius 1 is 1.19 bits per heavy atom. The number of rotatable bonds is 4. The Hall–Kier alpha value is -0.860. The minimum absolute atomic E-state index is 0.875. The normalized spacial score (nSPS) is 18.8. The van der Waals surface area contributed by atoms with Gasteiger partial charge in [-0.1, -0.05) is 30.3 Å². The molecule has 16 heavy (non-hydrogen) atoms. The van der Waals surface area contributed by atoms with Crippen LogP contribution in [0.4, 0.5) is 0 Å². The Morgan fingerprint density at radius 2 is 1.88 bits per heavy atom. The summed E-state index contributed by atoms with van der Waals surface area (Å²) in [6.45, 7) is 4.70. The molecule has 1 aliphatic rings. The molecule has 1 aromatic carbocycles. The summed E-state index contributed by atoms with van der Waals surface area (Å²) in [5.41, 5.74) is 1.38. The van der Waals surface area contributed by atoms with Crippen LogP contribution < -0.4 is 5.32 Å². The van der Waals surface area contributed by atoms with Crippen LogP contribution in [0.2, 0.25) is 0 Å². The van der Waals surface area contributed by atoms with Crippen molar-refractivity contribution in [1.29, 1.82) is 0 Å². The van der Waals surface area contributed by atoms with Crippen LogP contribution in [0.1, 0.15) is 18.4 Å². The number of nitrogens with one attached hydrogen (secondary N) is 1. The summed E-state index contributed by atoms with van der Waals surface area (Å²) in [5, 5.41) is 3.57. The van der Waals surface area contributed by atoms with E-state index in [0.717, 1.165) is 12.5 Å². The molecule has 1 aromatic rings. The highest BCUT2D eigenvalue weighted by molar-refractivity contribution is 5.14. The summed E-state index contributed by atoms with van der Waals surface area (Å²) >= 11 is 0.